The van der Waals surface area contributed by atoms with Gasteiger partial charge in [0.1, 0.15) is 11.3 Å². The number of carbonyl (C=O) groups excluding carboxylic acids is 1. The van der Waals surface area contributed by atoms with Gasteiger partial charge in [-0.3, -0.25) is 4.79 Å². The lowest BCUT2D eigenvalue weighted by Gasteiger charge is -2.33. The number of hydrogen-bond donors (Lipinski definition) is 0. The Bertz CT molecular complexity index is 959. The largest absolute Gasteiger partial charge is 0.370 e. The van der Waals surface area contributed by atoms with Crippen LogP contribution in [0.4, 0.5) is 0 Å². The van der Waals surface area contributed by atoms with E-state index in [4.69, 9.17) is 16.3 Å². The fourth-order valence-corrected chi connectivity index (χ4v) is 3.69. The lowest BCUT2D eigenvalue weighted by Crippen LogP contribution is -2.42. The van der Waals surface area contributed by atoms with Crippen molar-refractivity contribution in [2.24, 2.45) is 0 Å². The molecule has 3 aromatic rings. The maximum atomic E-state index is 13.2. The van der Waals surface area contributed by atoms with Gasteiger partial charge in [0.05, 0.1) is 18.7 Å². The van der Waals surface area contributed by atoms with Crippen LogP contribution in [0.25, 0.3) is 10.8 Å². The van der Waals surface area contributed by atoms with E-state index in [-0.39, 0.29) is 12.0 Å². The Hall–Kier alpha value is -2.43. The van der Waals surface area contributed by atoms with Gasteiger partial charge in [-0.1, -0.05) is 60.1 Å². The normalized spacial score (nSPS) is 17.5. The van der Waals surface area contributed by atoms with E-state index in [0.29, 0.717) is 30.4 Å². The number of morpholine rings is 1. The van der Waals surface area contributed by atoms with Gasteiger partial charge in [-0.2, -0.15) is 0 Å². The summed E-state index contributed by atoms with van der Waals surface area (Å²) < 4.78 is 5.88. The van der Waals surface area contributed by atoms with E-state index in [1.54, 1.807) is 6.20 Å². The molecular formula is C21H19ClN2O2. The van der Waals surface area contributed by atoms with Crippen LogP contribution in [0, 0.1) is 6.92 Å². The molecule has 5 heteroatoms. The molecule has 1 unspecified atom stereocenters. The number of nitrogens with zero attached hydrogens (tertiary/aromatic N) is 2. The van der Waals surface area contributed by atoms with E-state index in [9.17, 15) is 4.79 Å². The van der Waals surface area contributed by atoms with Gasteiger partial charge >= 0.3 is 0 Å². The molecule has 26 heavy (non-hydrogen) atoms. The zero-order valence-electron chi connectivity index (χ0n) is 14.5. The van der Waals surface area contributed by atoms with Gasteiger partial charge in [0.2, 0.25) is 0 Å². The Morgan fingerprint density at radius 1 is 1.19 bits per heavy atom. The summed E-state index contributed by atoms with van der Waals surface area (Å²) in [5, 5.41) is 2.11. The first-order valence-electron chi connectivity index (χ1n) is 8.65. The van der Waals surface area contributed by atoms with Crippen molar-refractivity contribution in [3.8, 4) is 0 Å². The lowest BCUT2D eigenvalue weighted by molar-refractivity contribution is -0.0227. The first kappa shape index (κ1) is 17.0. The number of halogens is 1. The third kappa shape index (κ3) is 3.06. The second-order valence-corrected chi connectivity index (χ2v) is 6.84. The highest BCUT2D eigenvalue weighted by Gasteiger charge is 2.27. The summed E-state index contributed by atoms with van der Waals surface area (Å²) in [6.07, 6.45) is 1.48. The molecule has 4 nitrogen and oxygen atoms in total. The number of aryl methyl sites for hydroxylation is 1. The van der Waals surface area contributed by atoms with Gasteiger partial charge in [-0.05, 0) is 18.1 Å². The number of hydrogen-bond acceptors (Lipinski definition) is 3. The SMILES string of the molecule is Cc1cccc2c(Cl)ncc(C(=O)N3CCOC(c4ccccc4)C3)c12. The van der Waals surface area contributed by atoms with Crippen molar-refractivity contribution in [1.29, 1.82) is 0 Å². The minimum absolute atomic E-state index is 0.0299. The second-order valence-electron chi connectivity index (χ2n) is 6.48. The Morgan fingerprint density at radius 2 is 2.00 bits per heavy atom. The summed E-state index contributed by atoms with van der Waals surface area (Å²) in [7, 11) is 0. The monoisotopic (exact) mass is 366 g/mol. The number of rotatable bonds is 2. The highest BCUT2D eigenvalue weighted by Crippen LogP contribution is 2.29. The molecule has 0 bridgehead atoms. The molecule has 0 N–H and O–H groups in total. The number of fused-ring (bicyclic) bond motifs is 1. The number of benzene rings is 2. The zero-order chi connectivity index (χ0) is 18.1. The molecule has 1 aromatic heterocycles. The Labute approximate surface area is 157 Å². The fraction of sp³-hybridized carbons (Fsp3) is 0.238. The van der Waals surface area contributed by atoms with Crippen LogP contribution in [0.5, 0.6) is 0 Å². The van der Waals surface area contributed by atoms with Crippen LogP contribution in [0.3, 0.4) is 0 Å². The van der Waals surface area contributed by atoms with Crippen LogP contribution in [0.15, 0.2) is 54.7 Å². The second kappa shape index (κ2) is 7.06. The van der Waals surface area contributed by atoms with E-state index in [1.165, 1.54) is 0 Å². The summed E-state index contributed by atoms with van der Waals surface area (Å²) in [4.78, 5) is 19.3. The van der Waals surface area contributed by atoms with Crippen molar-refractivity contribution in [1.82, 2.24) is 9.88 Å². The molecule has 0 spiro atoms. The average molecular weight is 367 g/mol. The molecule has 2 aromatic carbocycles. The molecule has 0 saturated carbocycles. The summed E-state index contributed by atoms with van der Waals surface area (Å²) >= 11 is 6.24. The molecule has 4 rings (SSSR count). The maximum Gasteiger partial charge on any atom is 0.256 e. The predicted molar refractivity (Wildman–Crippen MR) is 103 cm³/mol. The van der Waals surface area contributed by atoms with E-state index < -0.39 is 0 Å². The standard InChI is InChI=1S/C21H19ClN2O2/c1-14-6-5-9-16-19(14)17(12-23-20(16)22)21(25)24-10-11-26-18(13-24)15-7-3-2-4-8-15/h2-9,12,18H,10-11,13H2,1H3. The maximum absolute atomic E-state index is 13.2. The molecule has 1 atom stereocenters. The number of ether oxygens (including phenoxy) is 1. The van der Waals surface area contributed by atoms with Crippen LogP contribution < -0.4 is 0 Å². The Balaban J connectivity index is 1.68. The van der Waals surface area contributed by atoms with Crippen molar-refractivity contribution < 1.29 is 9.53 Å². The van der Waals surface area contributed by atoms with E-state index in [0.717, 1.165) is 21.9 Å². The number of pyridine rings is 1. The summed E-state index contributed by atoms with van der Waals surface area (Å²) in [6, 6.07) is 15.8. The van der Waals surface area contributed by atoms with Crippen molar-refractivity contribution >= 4 is 28.3 Å². The molecule has 1 aliphatic rings. The van der Waals surface area contributed by atoms with Gasteiger partial charge in [-0.25, -0.2) is 4.98 Å². The number of amides is 1. The topological polar surface area (TPSA) is 42.4 Å². The van der Waals surface area contributed by atoms with E-state index in [1.807, 2.05) is 60.4 Å². The predicted octanol–water partition coefficient (Wildman–Crippen LogP) is 4.41. The van der Waals surface area contributed by atoms with Gasteiger partial charge in [-0.15, -0.1) is 0 Å². The minimum atomic E-state index is -0.110. The summed E-state index contributed by atoms with van der Waals surface area (Å²) in [5.41, 5.74) is 2.69. The van der Waals surface area contributed by atoms with Crippen LogP contribution in [-0.2, 0) is 4.74 Å². The van der Waals surface area contributed by atoms with Crippen molar-refractivity contribution in [3.05, 3.63) is 76.6 Å². The summed E-state index contributed by atoms with van der Waals surface area (Å²) in [6.45, 7) is 3.60. The van der Waals surface area contributed by atoms with Crippen LogP contribution in [0.1, 0.15) is 27.6 Å². The average Bonchev–Trinajstić information content (AvgIpc) is 2.69. The van der Waals surface area contributed by atoms with Gasteiger partial charge in [0.25, 0.3) is 5.91 Å². The lowest BCUT2D eigenvalue weighted by atomic mass is 10.0. The molecule has 1 saturated heterocycles. The molecule has 1 fully saturated rings. The molecular weight excluding hydrogens is 348 g/mol. The van der Waals surface area contributed by atoms with Crippen LogP contribution in [0.2, 0.25) is 5.15 Å². The third-order valence-electron chi connectivity index (χ3n) is 4.83. The highest BCUT2D eigenvalue weighted by molar-refractivity contribution is 6.35. The highest BCUT2D eigenvalue weighted by atomic mass is 35.5. The minimum Gasteiger partial charge on any atom is -0.370 e. The first-order valence-corrected chi connectivity index (χ1v) is 9.02. The molecule has 0 radical (unpaired) electrons. The Kier molecular flexibility index (Phi) is 4.62. The van der Waals surface area contributed by atoms with Gasteiger partial charge in [0.15, 0.2) is 0 Å². The third-order valence-corrected chi connectivity index (χ3v) is 5.13. The van der Waals surface area contributed by atoms with Crippen molar-refractivity contribution in [3.63, 3.8) is 0 Å². The van der Waals surface area contributed by atoms with Crippen molar-refractivity contribution in [2.75, 3.05) is 19.7 Å². The summed E-state index contributed by atoms with van der Waals surface area (Å²) in [5.74, 6) is -0.0299. The van der Waals surface area contributed by atoms with E-state index >= 15 is 0 Å². The first-order chi connectivity index (χ1) is 12.6. The van der Waals surface area contributed by atoms with Gasteiger partial charge < -0.3 is 9.64 Å². The molecule has 132 valence electrons. The van der Waals surface area contributed by atoms with Crippen LogP contribution in [-0.4, -0.2) is 35.5 Å². The van der Waals surface area contributed by atoms with Crippen molar-refractivity contribution in [2.45, 2.75) is 13.0 Å². The fourth-order valence-electron chi connectivity index (χ4n) is 3.49. The number of carbonyl (C=O) groups is 1. The zero-order valence-corrected chi connectivity index (χ0v) is 15.2. The molecule has 0 aliphatic carbocycles. The van der Waals surface area contributed by atoms with E-state index in [2.05, 4.69) is 4.98 Å². The molecule has 2 heterocycles. The van der Waals surface area contributed by atoms with Gasteiger partial charge in [0, 0.05) is 23.5 Å². The number of aromatic nitrogens is 1. The molecule has 1 amide bonds. The molecule has 1 aliphatic heterocycles. The van der Waals surface area contributed by atoms with Crippen LogP contribution >= 0.6 is 11.6 Å². The smallest absolute Gasteiger partial charge is 0.256 e. The Morgan fingerprint density at radius 3 is 2.81 bits per heavy atom. The quantitative estimate of drug-likeness (QED) is 0.631.